The lowest BCUT2D eigenvalue weighted by atomic mass is 9.97. The largest absolute Gasteiger partial charge is 0.481 e. The first kappa shape index (κ1) is 8.47. The second-order valence-electron chi connectivity index (χ2n) is 3.01. The van der Waals surface area contributed by atoms with Crippen LogP contribution in [0.1, 0.15) is 27.7 Å². The molecule has 0 aromatic rings. The van der Waals surface area contributed by atoms with Crippen molar-refractivity contribution in [3.05, 3.63) is 0 Å². The minimum Gasteiger partial charge on any atom is -0.481 e. The second kappa shape index (κ2) is 2.85. The molecule has 54 valence electrons. The number of rotatable bonds is 1. The first-order valence-electron chi connectivity index (χ1n) is 3.20. The molecule has 0 atom stereocenters. The summed E-state index contributed by atoms with van der Waals surface area (Å²) in [5, 5.41) is 7.32. The summed E-state index contributed by atoms with van der Waals surface area (Å²) in [5.41, 5.74) is -0.129. The summed E-state index contributed by atoms with van der Waals surface area (Å²) in [6.45, 7) is 8.37. The number of ether oxygens (including phenoxy) is 1. The fraction of sp³-hybridized carbons (Fsp3) is 0.857. The second-order valence-corrected chi connectivity index (χ2v) is 3.01. The van der Waals surface area contributed by atoms with Crippen LogP contribution in [0, 0.1) is 10.8 Å². The molecule has 0 aromatic carbocycles. The molecule has 0 unspecified atom stereocenters. The van der Waals surface area contributed by atoms with Gasteiger partial charge >= 0.3 is 0 Å². The normalized spacial score (nSPS) is 11.1. The molecule has 2 nitrogen and oxygen atoms in total. The summed E-state index contributed by atoms with van der Waals surface area (Å²) >= 11 is 0. The average Bonchev–Trinajstić information content (AvgIpc) is 1.64. The maximum atomic E-state index is 7.32. The molecule has 0 saturated heterocycles. The van der Waals surface area contributed by atoms with Gasteiger partial charge < -0.3 is 4.74 Å². The maximum absolute atomic E-state index is 7.32. The minimum absolute atomic E-state index is 0.129. The third-order valence-corrected chi connectivity index (χ3v) is 0.970. The molecular formula is C7H15NO. The molecule has 2 heteroatoms. The molecule has 0 bridgehead atoms. The highest BCUT2D eigenvalue weighted by Gasteiger charge is 2.17. The van der Waals surface area contributed by atoms with Gasteiger partial charge in [0.2, 0.25) is 0 Å². The molecule has 0 spiro atoms. The Labute approximate surface area is 56.7 Å². The van der Waals surface area contributed by atoms with Crippen molar-refractivity contribution in [1.82, 2.24) is 0 Å². The zero-order valence-electron chi connectivity index (χ0n) is 6.62. The molecule has 0 amide bonds. The van der Waals surface area contributed by atoms with E-state index in [1.807, 2.05) is 27.7 Å². The van der Waals surface area contributed by atoms with Crippen LogP contribution in [0.4, 0.5) is 0 Å². The standard InChI is InChI=1S/C7H15NO/c1-5-9-6(8)7(2,3)4/h8H,5H2,1-4H3. The van der Waals surface area contributed by atoms with Crippen molar-refractivity contribution in [2.45, 2.75) is 27.7 Å². The van der Waals surface area contributed by atoms with E-state index in [0.717, 1.165) is 0 Å². The number of hydrogen-bond donors (Lipinski definition) is 1. The molecule has 0 aliphatic heterocycles. The Balaban J connectivity index is 3.74. The Bertz CT molecular complexity index is 102. The van der Waals surface area contributed by atoms with Crippen molar-refractivity contribution in [1.29, 1.82) is 5.41 Å². The van der Waals surface area contributed by atoms with Gasteiger partial charge in [0.25, 0.3) is 0 Å². The summed E-state index contributed by atoms with van der Waals surface area (Å²) < 4.78 is 4.99. The lowest BCUT2D eigenvalue weighted by Crippen LogP contribution is -2.21. The maximum Gasteiger partial charge on any atom is 0.185 e. The summed E-state index contributed by atoms with van der Waals surface area (Å²) in [5.74, 6) is 0.366. The molecular weight excluding hydrogens is 114 g/mol. The molecule has 0 saturated carbocycles. The van der Waals surface area contributed by atoms with E-state index in [-0.39, 0.29) is 5.41 Å². The Morgan fingerprint density at radius 3 is 2.00 bits per heavy atom. The van der Waals surface area contributed by atoms with Crippen molar-refractivity contribution in [2.75, 3.05) is 6.61 Å². The van der Waals surface area contributed by atoms with Crippen LogP contribution in [0.5, 0.6) is 0 Å². The molecule has 0 heterocycles. The fourth-order valence-electron chi connectivity index (χ4n) is 0.361. The lowest BCUT2D eigenvalue weighted by molar-refractivity contribution is 0.276. The SMILES string of the molecule is CCOC(=N)C(C)(C)C. The Morgan fingerprint density at radius 2 is 1.89 bits per heavy atom. The van der Waals surface area contributed by atoms with Crippen LogP contribution in [-0.4, -0.2) is 12.5 Å². The monoisotopic (exact) mass is 129 g/mol. The molecule has 0 rings (SSSR count). The molecule has 1 N–H and O–H groups in total. The Kier molecular flexibility index (Phi) is 2.68. The van der Waals surface area contributed by atoms with Crippen LogP contribution in [0.15, 0.2) is 0 Å². The van der Waals surface area contributed by atoms with E-state index in [1.165, 1.54) is 0 Å². The summed E-state index contributed by atoms with van der Waals surface area (Å²) in [4.78, 5) is 0. The lowest BCUT2D eigenvalue weighted by Gasteiger charge is -2.18. The zero-order valence-corrected chi connectivity index (χ0v) is 6.62. The van der Waals surface area contributed by atoms with Gasteiger partial charge in [-0.15, -0.1) is 0 Å². The first-order chi connectivity index (χ1) is 3.98. The average molecular weight is 129 g/mol. The number of hydrogen-bond acceptors (Lipinski definition) is 2. The van der Waals surface area contributed by atoms with Gasteiger partial charge in [0, 0.05) is 5.41 Å². The predicted octanol–water partition coefficient (Wildman–Crippen LogP) is 2.05. The van der Waals surface area contributed by atoms with Gasteiger partial charge in [0.15, 0.2) is 5.90 Å². The predicted molar refractivity (Wildman–Crippen MR) is 38.8 cm³/mol. The van der Waals surface area contributed by atoms with Crippen molar-refractivity contribution in [3.63, 3.8) is 0 Å². The third kappa shape index (κ3) is 3.12. The van der Waals surface area contributed by atoms with Crippen LogP contribution in [0.2, 0.25) is 0 Å². The van der Waals surface area contributed by atoms with Gasteiger partial charge in [-0.25, -0.2) is 0 Å². The van der Waals surface area contributed by atoms with E-state index in [4.69, 9.17) is 10.1 Å². The molecule has 0 aliphatic rings. The molecule has 0 fully saturated rings. The van der Waals surface area contributed by atoms with Crippen LogP contribution < -0.4 is 0 Å². The van der Waals surface area contributed by atoms with Crippen LogP contribution in [0.3, 0.4) is 0 Å². The van der Waals surface area contributed by atoms with Crippen LogP contribution >= 0.6 is 0 Å². The smallest absolute Gasteiger partial charge is 0.185 e. The van der Waals surface area contributed by atoms with Gasteiger partial charge in [-0.05, 0) is 6.92 Å². The minimum atomic E-state index is -0.129. The van der Waals surface area contributed by atoms with Crippen LogP contribution in [-0.2, 0) is 4.74 Å². The molecule has 0 aliphatic carbocycles. The summed E-state index contributed by atoms with van der Waals surface area (Å²) in [7, 11) is 0. The third-order valence-electron chi connectivity index (χ3n) is 0.970. The van der Waals surface area contributed by atoms with Crippen molar-refractivity contribution < 1.29 is 4.74 Å². The van der Waals surface area contributed by atoms with Gasteiger partial charge in [-0.2, -0.15) is 0 Å². The van der Waals surface area contributed by atoms with E-state index in [9.17, 15) is 0 Å². The quantitative estimate of drug-likeness (QED) is 0.426. The highest BCUT2D eigenvalue weighted by molar-refractivity contribution is 5.78. The van der Waals surface area contributed by atoms with E-state index in [1.54, 1.807) is 0 Å². The van der Waals surface area contributed by atoms with Gasteiger partial charge in [-0.1, -0.05) is 20.8 Å². The number of nitrogens with one attached hydrogen (secondary N) is 1. The van der Waals surface area contributed by atoms with E-state index in [2.05, 4.69) is 0 Å². The van der Waals surface area contributed by atoms with E-state index < -0.39 is 0 Å². The molecule has 0 aromatic heterocycles. The topological polar surface area (TPSA) is 33.1 Å². The summed E-state index contributed by atoms with van der Waals surface area (Å²) in [6.07, 6.45) is 0. The fourth-order valence-corrected chi connectivity index (χ4v) is 0.361. The van der Waals surface area contributed by atoms with Crippen molar-refractivity contribution in [2.24, 2.45) is 5.41 Å². The highest BCUT2D eigenvalue weighted by Crippen LogP contribution is 2.14. The van der Waals surface area contributed by atoms with Gasteiger partial charge in [-0.3, -0.25) is 5.41 Å². The Morgan fingerprint density at radius 1 is 1.44 bits per heavy atom. The van der Waals surface area contributed by atoms with Gasteiger partial charge in [0.05, 0.1) is 6.61 Å². The van der Waals surface area contributed by atoms with Crippen molar-refractivity contribution in [3.8, 4) is 0 Å². The first-order valence-corrected chi connectivity index (χ1v) is 3.20. The van der Waals surface area contributed by atoms with E-state index in [0.29, 0.717) is 12.5 Å². The van der Waals surface area contributed by atoms with Crippen molar-refractivity contribution >= 4 is 5.90 Å². The zero-order chi connectivity index (χ0) is 7.49. The summed E-state index contributed by atoms with van der Waals surface area (Å²) in [6, 6.07) is 0. The van der Waals surface area contributed by atoms with Crippen LogP contribution in [0.25, 0.3) is 0 Å². The van der Waals surface area contributed by atoms with Gasteiger partial charge in [0.1, 0.15) is 0 Å². The molecule has 0 radical (unpaired) electrons. The molecule has 9 heavy (non-hydrogen) atoms. The van der Waals surface area contributed by atoms with E-state index >= 15 is 0 Å². The highest BCUT2D eigenvalue weighted by atomic mass is 16.5. The Hall–Kier alpha value is -0.530.